The average molecular weight is 459 g/mol. The highest BCUT2D eigenvalue weighted by Gasteiger charge is 2.20. The summed E-state index contributed by atoms with van der Waals surface area (Å²) in [5.74, 6) is 1.71. The van der Waals surface area contributed by atoms with Gasteiger partial charge >= 0.3 is 0 Å². The van der Waals surface area contributed by atoms with Crippen molar-refractivity contribution in [1.82, 2.24) is 9.80 Å². The van der Waals surface area contributed by atoms with Crippen molar-refractivity contribution in [1.29, 1.82) is 0 Å². The van der Waals surface area contributed by atoms with Crippen LogP contribution in [0.5, 0.6) is 5.75 Å². The minimum absolute atomic E-state index is 0.0661. The van der Waals surface area contributed by atoms with Gasteiger partial charge in [-0.3, -0.25) is 4.79 Å². The Morgan fingerprint density at radius 1 is 1.17 bits per heavy atom. The van der Waals surface area contributed by atoms with Crippen molar-refractivity contribution in [3.8, 4) is 5.75 Å². The fraction of sp³-hybridized carbons (Fsp3) is 0.458. The lowest BCUT2D eigenvalue weighted by Gasteiger charge is -2.32. The van der Waals surface area contributed by atoms with Gasteiger partial charge in [0.1, 0.15) is 5.75 Å². The number of hydrogen-bond donors (Lipinski definition) is 0. The summed E-state index contributed by atoms with van der Waals surface area (Å²) in [7, 11) is 5.31. The van der Waals surface area contributed by atoms with Crippen molar-refractivity contribution in [3.63, 3.8) is 0 Å². The fourth-order valence-corrected chi connectivity index (χ4v) is 4.37. The number of methoxy groups -OCH3 is 1. The molecule has 1 fully saturated rings. The van der Waals surface area contributed by atoms with Crippen LogP contribution in [0.4, 0.5) is 0 Å². The van der Waals surface area contributed by atoms with Gasteiger partial charge in [0.25, 0.3) is 5.91 Å². The molecule has 3 rings (SSSR count). The molecular weight excluding hydrogens is 428 g/mol. The Hall–Kier alpha value is -1.85. The van der Waals surface area contributed by atoms with Gasteiger partial charge in [-0.25, -0.2) is 0 Å². The first kappa shape index (κ1) is 21.8. The molecule has 29 heavy (non-hydrogen) atoms. The molecule has 5 heteroatoms. The first-order chi connectivity index (χ1) is 14.0. The van der Waals surface area contributed by atoms with Crippen molar-refractivity contribution in [2.24, 2.45) is 5.92 Å². The summed E-state index contributed by atoms with van der Waals surface area (Å²) >= 11 is 3.68. The molecule has 0 aliphatic carbocycles. The van der Waals surface area contributed by atoms with E-state index in [2.05, 4.69) is 39.0 Å². The van der Waals surface area contributed by atoms with Gasteiger partial charge < -0.3 is 14.5 Å². The standard InChI is InChI=1S/C24H31BrN2O2/c1-26(2)24(28)20-6-4-5-18(15-20)9-12-27-13-10-19(11-14-27)16-21-17-22(29-3)7-8-23(21)25/h4-8,15,17,19H,9-14,16H2,1-3H3. The predicted octanol–water partition coefficient (Wildman–Crippen LogP) is 4.66. The second-order valence-electron chi connectivity index (χ2n) is 8.10. The van der Waals surface area contributed by atoms with Crippen molar-refractivity contribution < 1.29 is 9.53 Å². The van der Waals surface area contributed by atoms with E-state index in [-0.39, 0.29) is 5.91 Å². The first-order valence-electron chi connectivity index (χ1n) is 10.3. The molecule has 1 heterocycles. The van der Waals surface area contributed by atoms with Gasteiger partial charge in [0.2, 0.25) is 0 Å². The first-order valence-corrected chi connectivity index (χ1v) is 11.1. The van der Waals surface area contributed by atoms with Crippen LogP contribution in [0.3, 0.4) is 0 Å². The number of amides is 1. The maximum Gasteiger partial charge on any atom is 0.253 e. The van der Waals surface area contributed by atoms with E-state index in [0.29, 0.717) is 0 Å². The molecule has 1 aliphatic rings. The van der Waals surface area contributed by atoms with Gasteiger partial charge in [-0.05, 0) is 86.1 Å². The Morgan fingerprint density at radius 2 is 1.93 bits per heavy atom. The third-order valence-electron chi connectivity index (χ3n) is 5.77. The molecule has 156 valence electrons. The molecule has 1 aliphatic heterocycles. The van der Waals surface area contributed by atoms with Crippen LogP contribution in [-0.4, -0.2) is 56.5 Å². The van der Waals surface area contributed by atoms with Gasteiger partial charge in [-0.1, -0.05) is 28.1 Å². The van der Waals surface area contributed by atoms with E-state index in [1.54, 1.807) is 26.1 Å². The number of likely N-dealkylation sites (tertiary alicyclic amines) is 1. The molecule has 0 spiro atoms. The maximum atomic E-state index is 12.2. The number of benzene rings is 2. The Bertz CT molecular complexity index is 829. The molecule has 0 atom stereocenters. The zero-order chi connectivity index (χ0) is 20.8. The van der Waals surface area contributed by atoms with Crippen molar-refractivity contribution in [3.05, 3.63) is 63.6 Å². The van der Waals surface area contributed by atoms with Crippen LogP contribution in [-0.2, 0) is 12.8 Å². The Morgan fingerprint density at radius 3 is 2.62 bits per heavy atom. The largest absolute Gasteiger partial charge is 0.497 e. The maximum absolute atomic E-state index is 12.2. The minimum Gasteiger partial charge on any atom is -0.497 e. The fourth-order valence-electron chi connectivity index (χ4n) is 3.96. The molecule has 2 aromatic carbocycles. The highest BCUT2D eigenvalue weighted by Crippen LogP contribution is 2.28. The monoisotopic (exact) mass is 458 g/mol. The summed E-state index contributed by atoms with van der Waals surface area (Å²) in [6, 6.07) is 14.3. The van der Waals surface area contributed by atoms with E-state index in [1.807, 2.05) is 24.3 Å². The molecule has 0 radical (unpaired) electrons. The molecule has 0 unspecified atom stereocenters. The van der Waals surface area contributed by atoms with E-state index < -0.39 is 0 Å². The Balaban J connectivity index is 1.48. The van der Waals surface area contributed by atoms with E-state index in [0.717, 1.165) is 49.7 Å². The number of carbonyl (C=O) groups is 1. The molecule has 1 amide bonds. The van der Waals surface area contributed by atoms with E-state index in [4.69, 9.17) is 4.74 Å². The van der Waals surface area contributed by atoms with Crippen molar-refractivity contribution in [2.45, 2.75) is 25.7 Å². The predicted molar refractivity (Wildman–Crippen MR) is 122 cm³/mol. The minimum atomic E-state index is 0.0661. The number of carbonyl (C=O) groups excluding carboxylic acids is 1. The number of piperidine rings is 1. The zero-order valence-corrected chi connectivity index (χ0v) is 19.2. The van der Waals surface area contributed by atoms with Crippen molar-refractivity contribution in [2.75, 3.05) is 40.8 Å². The molecular formula is C24H31BrN2O2. The van der Waals surface area contributed by atoms with Gasteiger partial charge in [0, 0.05) is 30.7 Å². The topological polar surface area (TPSA) is 32.8 Å². The van der Waals surface area contributed by atoms with E-state index >= 15 is 0 Å². The molecule has 4 nitrogen and oxygen atoms in total. The summed E-state index contributed by atoms with van der Waals surface area (Å²) < 4.78 is 6.55. The van der Waals surface area contributed by atoms with Gasteiger partial charge in [0.15, 0.2) is 0 Å². The normalized spacial score (nSPS) is 15.3. The summed E-state index contributed by atoms with van der Waals surface area (Å²) in [5.41, 5.74) is 3.35. The van der Waals surface area contributed by atoms with E-state index in [1.165, 1.54) is 28.4 Å². The molecule has 0 N–H and O–H groups in total. The van der Waals surface area contributed by atoms with Crippen molar-refractivity contribution >= 4 is 21.8 Å². The third kappa shape index (κ3) is 6.06. The number of hydrogen-bond acceptors (Lipinski definition) is 3. The number of ether oxygens (including phenoxy) is 1. The van der Waals surface area contributed by atoms with Crippen LogP contribution < -0.4 is 4.74 Å². The van der Waals surface area contributed by atoms with Crippen LogP contribution in [0.25, 0.3) is 0 Å². The molecule has 0 bridgehead atoms. The summed E-state index contributed by atoms with van der Waals surface area (Å²) in [6.45, 7) is 3.33. The number of halogens is 1. The summed E-state index contributed by atoms with van der Waals surface area (Å²) in [6.07, 6.45) is 4.53. The molecule has 1 saturated heterocycles. The van der Waals surface area contributed by atoms with Gasteiger partial charge in [-0.15, -0.1) is 0 Å². The number of nitrogens with zero attached hydrogens (tertiary/aromatic N) is 2. The highest BCUT2D eigenvalue weighted by atomic mass is 79.9. The van der Waals surface area contributed by atoms with Gasteiger partial charge in [0.05, 0.1) is 7.11 Å². The SMILES string of the molecule is COc1ccc(Br)c(CC2CCN(CCc3cccc(C(=O)N(C)C)c3)CC2)c1. The van der Waals surface area contributed by atoms with Crippen LogP contribution in [0, 0.1) is 5.92 Å². The number of rotatable bonds is 7. The average Bonchev–Trinajstić information content (AvgIpc) is 2.74. The summed E-state index contributed by atoms with van der Waals surface area (Å²) in [5, 5.41) is 0. The zero-order valence-electron chi connectivity index (χ0n) is 17.7. The summed E-state index contributed by atoms with van der Waals surface area (Å²) in [4.78, 5) is 16.3. The third-order valence-corrected chi connectivity index (χ3v) is 6.54. The Labute approximate surface area is 183 Å². The molecule has 2 aromatic rings. The quantitative estimate of drug-likeness (QED) is 0.604. The van der Waals surface area contributed by atoms with Gasteiger partial charge in [-0.2, -0.15) is 0 Å². The smallest absolute Gasteiger partial charge is 0.253 e. The Kier molecular flexibility index (Phi) is 7.73. The van der Waals surface area contributed by atoms with E-state index in [9.17, 15) is 4.79 Å². The van der Waals surface area contributed by atoms with Crippen LogP contribution >= 0.6 is 15.9 Å². The highest BCUT2D eigenvalue weighted by molar-refractivity contribution is 9.10. The lowest BCUT2D eigenvalue weighted by Crippen LogP contribution is -2.35. The second kappa shape index (κ2) is 10.3. The van der Waals surface area contributed by atoms with Crippen LogP contribution in [0.2, 0.25) is 0 Å². The lowest BCUT2D eigenvalue weighted by molar-refractivity contribution is 0.0827. The van der Waals surface area contributed by atoms with Crippen LogP contribution in [0.15, 0.2) is 46.9 Å². The molecule has 0 saturated carbocycles. The lowest BCUT2D eigenvalue weighted by atomic mass is 9.90. The van der Waals surface area contributed by atoms with Crippen LogP contribution in [0.1, 0.15) is 34.3 Å². The second-order valence-corrected chi connectivity index (χ2v) is 8.95. The molecule has 0 aromatic heterocycles.